The minimum atomic E-state index is -0.167. The van der Waals surface area contributed by atoms with E-state index in [0.29, 0.717) is 23.4 Å². The summed E-state index contributed by atoms with van der Waals surface area (Å²) in [7, 11) is 2.11. The van der Waals surface area contributed by atoms with Crippen LogP contribution in [0, 0.1) is 0 Å². The van der Waals surface area contributed by atoms with E-state index in [4.69, 9.17) is 11.6 Å². The lowest BCUT2D eigenvalue weighted by molar-refractivity contribution is 0.0947. The Labute approximate surface area is 120 Å². The molecule has 0 spiro atoms. The molecule has 0 bridgehead atoms. The maximum atomic E-state index is 11.8. The van der Waals surface area contributed by atoms with Crippen LogP contribution in [0.15, 0.2) is 18.2 Å². The van der Waals surface area contributed by atoms with E-state index >= 15 is 0 Å². The van der Waals surface area contributed by atoms with Gasteiger partial charge in [0.05, 0.1) is 0 Å². The van der Waals surface area contributed by atoms with Crippen molar-refractivity contribution in [2.24, 2.45) is 0 Å². The first kappa shape index (κ1) is 15.9. The molecule has 0 saturated carbocycles. The van der Waals surface area contributed by atoms with Crippen LogP contribution in [0.2, 0.25) is 5.15 Å². The van der Waals surface area contributed by atoms with E-state index in [1.165, 1.54) is 0 Å². The number of nitrogens with one attached hydrogen (secondary N) is 1. The third kappa shape index (κ3) is 6.03. The SMILES string of the molecule is CC(C)N(C)CCCCNC(=O)c1cccc(Cl)n1. The highest BCUT2D eigenvalue weighted by atomic mass is 35.5. The van der Waals surface area contributed by atoms with Crippen molar-refractivity contribution in [2.45, 2.75) is 32.7 Å². The zero-order valence-electron chi connectivity index (χ0n) is 11.8. The molecule has 1 aromatic rings. The van der Waals surface area contributed by atoms with Crippen LogP contribution in [-0.2, 0) is 0 Å². The van der Waals surface area contributed by atoms with Gasteiger partial charge in [-0.2, -0.15) is 0 Å². The van der Waals surface area contributed by atoms with Gasteiger partial charge >= 0.3 is 0 Å². The fourth-order valence-electron chi connectivity index (χ4n) is 1.57. The number of rotatable bonds is 7. The summed E-state index contributed by atoms with van der Waals surface area (Å²) in [6, 6.07) is 5.60. The Kier molecular flexibility index (Phi) is 6.81. The van der Waals surface area contributed by atoms with Crippen molar-refractivity contribution >= 4 is 17.5 Å². The monoisotopic (exact) mass is 283 g/mol. The van der Waals surface area contributed by atoms with Crippen molar-refractivity contribution in [1.82, 2.24) is 15.2 Å². The van der Waals surface area contributed by atoms with E-state index in [2.05, 4.69) is 36.1 Å². The van der Waals surface area contributed by atoms with Gasteiger partial charge in [0.1, 0.15) is 10.8 Å². The molecule has 0 fully saturated rings. The Morgan fingerprint density at radius 3 is 2.79 bits per heavy atom. The highest BCUT2D eigenvalue weighted by molar-refractivity contribution is 6.29. The van der Waals surface area contributed by atoms with E-state index in [9.17, 15) is 4.79 Å². The number of pyridine rings is 1. The third-order valence-electron chi connectivity index (χ3n) is 3.05. The number of hydrogen-bond donors (Lipinski definition) is 1. The largest absolute Gasteiger partial charge is 0.351 e. The minimum Gasteiger partial charge on any atom is -0.351 e. The van der Waals surface area contributed by atoms with E-state index in [1.54, 1.807) is 18.2 Å². The molecule has 0 aliphatic heterocycles. The average Bonchev–Trinajstić information content (AvgIpc) is 2.37. The number of carbonyl (C=O) groups excluding carboxylic acids is 1. The van der Waals surface area contributed by atoms with Crippen molar-refractivity contribution in [2.75, 3.05) is 20.1 Å². The fraction of sp³-hybridized carbons (Fsp3) is 0.571. The zero-order chi connectivity index (χ0) is 14.3. The number of nitrogens with zero attached hydrogens (tertiary/aromatic N) is 2. The maximum Gasteiger partial charge on any atom is 0.269 e. The lowest BCUT2D eigenvalue weighted by Gasteiger charge is -2.20. The standard InChI is InChI=1S/C14H22ClN3O/c1-11(2)18(3)10-5-4-9-16-14(19)12-7-6-8-13(15)17-12/h6-8,11H,4-5,9-10H2,1-3H3,(H,16,19). The van der Waals surface area contributed by atoms with Gasteiger partial charge in [-0.1, -0.05) is 17.7 Å². The molecular weight excluding hydrogens is 262 g/mol. The number of hydrogen-bond acceptors (Lipinski definition) is 3. The smallest absolute Gasteiger partial charge is 0.269 e. The summed E-state index contributed by atoms with van der Waals surface area (Å²) in [4.78, 5) is 18.0. The molecule has 4 nitrogen and oxygen atoms in total. The maximum absolute atomic E-state index is 11.8. The number of halogens is 1. The minimum absolute atomic E-state index is 0.167. The normalized spacial score (nSPS) is 11.1. The summed E-state index contributed by atoms with van der Waals surface area (Å²) < 4.78 is 0. The van der Waals surface area contributed by atoms with Crippen LogP contribution in [-0.4, -0.2) is 42.0 Å². The number of amides is 1. The van der Waals surface area contributed by atoms with Crippen LogP contribution < -0.4 is 5.32 Å². The Morgan fingerprint density at radius 2 is 2.16 bits per heavy atom. The summed E-state index contributed by atoms with van der Waals surface area (Å²) in [5.74, 6) is -0.167. The van der Waals surface area contributed by atoms with Crippen LogP contribution in [0.1, 0.15) is 37.2 Å². The molecule has 0 aliphatic carbocycles. The molecule has 106 valence electrons. The fourth-order valence-corrected chi connectivity index (χ4v) is 1.74. The van der Waals surface area contributed by atoms with Gasteiger partial charge in [-0.25, -0.2) is 4.98 Å². The first-order valence-corrected chi connectivity index (χ1v) is 6.99. The van der Waals surface area contributed by atoms with Crippen LogP contribution in [0.5, 0.6) is 0 Å². The van der Waals surface area contributed by atoms with E-state index in [1.807, 2.05) is 0 Å². The van der Waals surface area contributed by atoms with Crippen LogP contribution in [0.4, 0.5) is 0 Å². The molecule has 0 radical (unpaired) electrons. The van der Waals surface area contributed by atoms with Crippen molar-refractivity contribution in [3.63, 3.8) is 0 Å². The van der Waals surface area contributed by atoms with E-state index in [0.717, 1.165) is 19.4 Å². The molecule has 1 amide bonds. The number of carbonyl (C=O) groups is 1. The Morgan fingerprint density at radius 1 is 1.42 bits per heavy atom. The molecule has 19 heavy (non-hydrogen) atoms. The molecule has 1 rings (SSSR count). The van der Waals surface area contributed by atoms with E-state index < -0.39 is 0 Å². The van der Waals surface area contributed by atoms with Gasteiger partial charge in [-0.3, -0.25) is 4.79 Å². The van der Waals surface area contributed by atoms with Gasteiger partial charge in [0.2, 0.25) is 0 Å². The molecular formula is C14H22ClN3O. The molecule has 0 saturated heterocycles. The lowest BCUT2D eigenvalue weighted by atomic mass is 10.2. The quantitative estimate of drug-likeness (QED) is 0.618. The molecule has 0 aliphatic rings. The van der Waals surface area contributed by atoms with Crippen molar-refractivity contribution in [3.05, 3.63) is 29.0 Å². The second-order valence-corrected chi connectivity index (χ2v) is 5.27. The summed E-state index contributed by atoms with van der Waals surface area (Å²) >= 11 is 5.74. The van der Waals surface area contributed by atoms with Crippen molar-refractivity contribution in [3.8, 4) is 0 Å². The van der Waals surface area contributed by atoms with E-state index in [-0.39, 0.29) is 5.91 Å². The van der Waals surface area contributed by atoms with Gasteiger partial charge in [0.25, 0.3) is 5.91 Å². The van der Waals surface area contributed by atoms with Gasteiger partial charge in [0.15, 0.2) is 0 Å². The molecule has 1 heterocycles. The first-order valence-electron chi connectivity index (χ1n) is 6.61. The highest BCUT2D eigenvalue weighted by Gasteiger charge is 2.07. The number of unbranched alkanes of at least 4 members (excludes halogenated alkanes) is 1. The van der Waals surface area contributed by atoms with Crippen molar-refractivity contribution < 1.29 is 4.79 Å². The van der Waals surface area contributed by atoms with Crippen LogP contribution in [0.3, 0.4) is 0 Å². The predicted molar refractivity (Wildman–Crippen MR) is 78.6 cm³/mol. The zero-order valence-corrected chi connectivity index (χ0v) is 12.6. The highest BCUT2D eigenvalue weighted by Crippen LogP contribution is 2.05. The van der Waals surface area contributed by atoms with Gasteiger partial charge in [-0.05, 0) is 52.4 Å². The average molecular weight is 284 g/mol. The van der Waals surface area contributed by atoms with Crippen LogP contribution in [0.25, 0.3) is 0 Å². The third-order valence-corrected chi connectivity index (χ3v) is 3.26. The van der Waals surface area contributed by atoms with Crippen molar-refractivity contribution in [1.29, 1.82) is 0 Å². The second kappa shape index (κ2) is 8.12. The Bertz CT molecular complexity index is 409. The second-order valence-electron chi connectivity index (χ2n) is 4.88. The summed E-state index contributed by atoms with van der Waals surface area (Å²) in [5.41, 5.74) is 0.367. The summed E-state index contributed by atoms with van der Waals surface area (Å²) in [6.07, 6.45) is 2.03. The molecule has 0 atom stereocenters. The predicted octanol–water partition coefficient (Wildman–Crippen LogP) is 2.59. The van der Waals surface area contributed by atoms with Crippen LogP contribution >= 0.6 is 11.6 Å². The topological polar surface area (TPSA) is 45.2 Å². The molecule has 0 unspecified atom stereocenters. The molecule has 1 N–H and O–H groups in total. The summed E-state index contributed by atoms with van der Waals surface area (Å²) in [6.45, 7) is 6.06. The molecule has 0 aromatic carbocycles. The molecule has 5 heteroatoms. The lowest BCUT2D eigenvalue weighted by Crippen LogP contribution is -2.29. The van der Waals surface area contributed by atoms with Gasteiger partial charge in [-0.15, -0.1) is 0 Å². The molecule has 1 aromatic heterocycles. The Balaban J connectivity index is 2.21. The number of aromatic nitrogens is 1. The Hall–Kier alpha value is -1.13. The van der Waals surface area contributed by atoms with Gasteiger partial charge in [0, 0.05) is 12.6 Å². The summed E-state index contributed by atoms with van der Waals surface area (Å²) in [5, 5.41) is 3.19. The first-order chi connectivity index (χ1) is 9.00. The van der Waals surface area contributed by atoms with Gasteiger partial charge < -0.3 is 10.2 Å².